The number of hydrogen-bond acceptors (Lipinski definition) is 4. The Balaban J connectivity index is 1.50. The molecular weight excluding hydrogens is 613 g/mol. The zero-order valence-electron chi connectivity index (χ0n) is 22.4. The van der Waals surface area contributed by atoms with E-state index in [0.29, 0.717) is 39.0 Å². The number of hydrogen-bond donors (Lipinski definition) is 3. The molecule has 10 heteroatoms. The summed E-state index contributed by atoms with van der Waals surface area (Å²) in [6, 6.07) is 27.7. The monoisotopic (exact) mass is 637 g/mol. The quantitative estimate of drug-likeness (QED) is 0.120. The molecule has 4 rings (SSSR count). The van der Waals surface area contributed by atoms with Crippen molar-refractivity contribution in [3.63, 3.8) is 0 Å². The van der Waals surface area contributed by atoms with Gasteiger partial charge in [0.1, 0.15) is 5.70 Å². The van der Waals surface area contributed by atoms with Crippen LogP contribution in [-0.4, -0.2) is 23.0 Å². The Labute approximate surface area is 263 Å². The number of carbonyl (C=O) groups is 3. The van der Waals surface area contributed by atoms with Crippen LogP contribution in [0.25, 0.3) is 6.08 Å². The minimum Gasteiger partial charge on any atom is -0.324 e. The molecular formula is C32H26Cl3N3O3S. The molecule has 42 heavy (non-hydrogen) atoms. The first-order chi connectivity index (χ1) is 20.2. The molecule has 0 bridgehead atoms. The van der Waals surface area contributed by atoms with Crippen molar-refractivity contribution in [2.75, 3.05) is 10.6 Å². The minimum absolute atomic E-state index is 0.0495. The number of nitrogens with one attached hydrogen (secondary N) is 3. The van der Waals surface area contributed by atoms with Gasteiger partial charge in [-0.2, -0.15) is 0 Å². The molecule has 4 aromatic rings. The Hall–Kier alpha value is -3.75. The predicted molar refractivity (Wildman–Crippen MR) is 173 cm³/mol. The van der Waals surface area contributed by atoms with Gasteiger partial charge in [0, 0.05) is 21.2 Å². The molecule has 0 spiro atoms. The summed E-state index contributed by atoms with van der Waals surface area (Å²) in [6.45, 7) is 1.91. The molecule has 0 heterocycles. The summed E-state index contributed by atoms with van der Waals surface area (Å²) in [5.41, 5.74) is 2.07. The second kappa shape index (κ2) is 14.9. The first-order valence-corrected chi connectivity index (χ1v) is 14.9. The fraction of sp³-hybridized carbons (Fsp3) is 0.0938. The number of benzene rings is 4. The summed E-state index contributed by atoms with van der Waals surface area (Å²) >= 11 is 19.7. The van der Waals surface area contributed by atoms with E-state index in [-0.39, 0.29) is 16.6 Å². The Morgan fingerprint density at radius 1 is 0.833 bits per heavy atom. The van der Waals surface area contributed by atoms with Gasteiger partial charge in [0.15, 0.2) is 0 Å². The number of thioether (sulfide) groups is 1. The van der Waals surface area contributed by atoms with Gasteiger partial charge in [-0.3, -0.25) is 14.4 Å². The lowest BCUT2D eigenvalue weighted by Gasteiger charge is -2.16. The van der Waals surface area contributed by atoms with E-state index >= 15 is 0 Å². The van der Waals surface area contributed by atoms with Gasteiger partial charge in [0.25, 0.3) is 11.8 Å². The molecule has 0 aromatic heterocycles. The summed E-state index contributed by atoms with van der Waals surface area (Å²) in [7, 11) is 0. The average molecular weight is 639 g/mol. The zero-order valence-corrected chi connectivity index (χ0v) is 25.5. The van der Waals surface area contributed by atoms with Crippen molar-refractivity contribution in [1.29, 1.82) is 0 Å². The molecule has 0 fully saturated rings. The smallest absolute Gasteiger partial charge is 0.272 e. The highest BCUT2D eigenvalue weighted by Crippen LogP contribution is 2.32. The predicted octanol–water partition coefficient (Wildman–Crippen LogP) is 8.57. The van der Waals surface area contributed by atoms with Crippen LogP contribution in [0.2, 0.25) is 15.1 Å². The molecule has 0 radical (unpaired) electrons. The van der Waals surface area contributed by atoms with E-state index < -0.39 is 17.1 Å². The highest BCUT2D eigenvalue weighted by Gasteiger charge is 2.20. The SMILES string of the molecule is CCC(Sc1cccc(NC(=O)/C(=C\c2ccc(Cl)cc2)NC(=O)c2ccccc2)c1)C(=O)Nc1cccc(Cl)c1Cl. The molecule has 0 saturated heterocycles. The fourth-order valence-corrected chi connectivity index (χ4v) is 5.30. The molecule has 6 nitrogen and oxygen atoms in total. The molecule has 0 saturated carbocycles. The molecule has 0 aliphatic carbocycles. The lowest BCUT2D eigenvalue weighted by atomic mass is 10.1. The minimum atomic E-state index is -0.517. The number of anilines is 2. The summed E-state index contributed by atoms with van der Waals surface area (Å²) in [6.07, 6.45) is 2.12. The number of rotatable bonds is 10. The zero-order chi connectivity index (χ0) is 30.1. The van der Waals surface area contributed by atoms with Gasteiger partial charge in [-0.1, -0.05) is 84.2 Å². The van der Waals surface area contributed by atoms with Crippen LogP contribution in [0.1, 0.15) is 29.3 Å². The van der Waals surface area contributed by atoms with Crippen molar-refractivity contribution in [3.8, 4) is 0 Å². The van der Waals surface area contributed by atoms with Crippen LogP contribution in [-0.2, 0) is 9.59 Å². The molecule has 214 valence electrons. The second-order valence-corrected chi connectivity index (χ2v) is 11.5. The molecule has 3 N–H and O–H groups in total. The highest BCUT2D eigenvalue weighted by atomic mass is 35.5. The third kappa shape index (κ3) is 8.63. The fourth-order valence-electron chi connectivity index (χ4n) is 3.81. The normalized spacial score (nSPS) is 11.9. The first-order valence-electron chi connectivity index (χ1n) is 12.9. The van der Waals surface area contributed by atoms with E-state index in [1.807, 2.05) is 13.0 Å². The Morgan fingerprint density at radius 2 is 1.55 bits per heavy atom. The van der Waals surface area contributed by atoms with Crippen molar-refractivity contribution in [2.24, 2.45) is 0 Å². The van der Waals surface area contributed by atoms with Crippen molar-refractivity contribution in [2.45, 2.75) is 23.5 Å². The van der Waals surface area contributed by atoms with Crippen molar-refractivity contribution in [3.05, 3.63) is 129 Å². The van der Waals surface area contributed by atoms with E-state index in [1.165, 1.54) is 11.8 Å². The maximum Gasteiger partial charge on any atom is 0.272 e. The Kier molecular flexibility index (Phi) is 11.1. The number of amides is 3. The van der Waals surface area contributed by atoms with E-state index in [2.05, 4.69) is 16.0 Å². The largest absolute Gasteiger partial charge is 0.324 e. The molecule has 0 aliphatic heterocycles. The van der Waals surface area contributed by atoms with Crippen LogP contribution in [0.4, 0.5) is 11.4 Å². The van der Waals surface area contributed by atoms with Gasteiger partial charge in [-0.25, -0.2) is 0 Å². The first kappa shape index (κ1) is 31.2. The average Bonchev–Trinajstić information content (AvgIpc) is 2.99. The van der Waals surface area contributed by atoms with E-state index in [4.69, 9.17) is 34.8 Å². The van der Waals surface area contributed by atoms with Crippen LogP contribution in [0.15, 0.2) is 108 Å². The van der Waals surface area contributed by atoms with E-state index in [9.17, 15) is 14.4 Å². The molecule has 0 aliphatic rings. The molecule has 3 amide bonds. The standard InChI is InChI=1S/C32H26Cl3N3O3S/c1-2-28(32(41)37-26-13-7-12-25(34)29(26)35)42-24-11-6-10-23(19-24)36-31(40)27(18-20-14-16-22(33)17-15-20)38-30(39)21-8-4-3-5-9-21/h3-19,28H,2H2,1H3,(H,36,40)(H,37,41)(H,38,39)/b27-18+. The molecule has 4 aromatic carbocycles. The van der Waals surface area contributed by atoms with Gasteiger partial charge in [0.2, 0.25) is 5.91 Å². The van der Waals surface area contributed by atoms with Gasteiger partial charge in [-0.05, 0) is 72.7 Å². The number of carbonyl (C=O) groups excluding carboxylic acids is 3. The summed E-state index contributed by atoms with van der Waals surface area (Å²) < 4.78 is 0. The van der Waals surface area contributed by atoms with Crippen LogP contribution >= 0.6 is 46.6 Å². The van der Waals surface area contributed by atoms with Gasteiger partial charge in [0.05, 0.1) is 21.0 Å². The maximum absolute atomic E-state index is 13.4. The lowest BCUT2D eigenvalue weighted by molar-refractivity contribution is -0.116. The molecule has 1 unspecified atom stereocenters. The van der Waals surface area contributed by atoms with Crippen molar-refractivity contribution >= 4 is 81.7 Å². The topological polar surface area (TPSA) is 87.3 Å². The van der Waals surface area contributed by atoms with Crippen LogP contribution in [0.5, 0.6) is 0 Å². The highest BCUT2D eigenvalue weighted by molar-refractivity contribution is 8.00. The third-order valence-electron chi connectivity index (χ3n) is 5.95. The summed E-state index contributed by atoms with van der Waals surface area (Å²) in [4.78, 5) is 40.1. The Morgan fingerprint density at radius 3 is 2.26 bits per heavy atom. The van der Waals surface area contributed by atoms with Crippen LogP contribution in [0.3, 0.4) is 0 Å². The van der Waals surface area contributed by atoms with Gasteiger partial charge >= 0.3 is 0 Å². The number of halogens is 3. The van der Waals surface area contributed by atoms with Crippen molar-refractivity contribution < 1.29 is 14.4 Å². The van der Waals surface area contributed by atoms with Gasteiger partial charge < -0.3 is 16.0 Å². The Bertz CT molecular complexity index is 1610. The van der Waals surface area contributed by atoms with Crippen LogP contribution < -0.4 is 16.0 Å². The maximum atomic E-state index is 13.4. The summed E-state index contributed by atoms with van der Waals surface area (Å²) in [5.74, 6) is -1.17. The van der Waals surface area contributed by atoms with E-state index in [0.717, 1.165) is 4.90 Å². The lowest BCUT2D eigenvalue weighted by Crippen LogP contribution is -2.30. The van der Waals surface area contributed by atoms with Crippen LogP contribution in [0, 0.1) is 0 Å². The molecule has 1 atom stereocenters. The summed E-state index contributed by atoms with van der Waals surface area (Å²) in [5, 5.41) is 9.15. The van der Waals surface area contributed by atoms with Gasteiger partial charge in [-0.15, -0.1) is 11.8 Å². The second-order valence-electron chi connectivity index (χ2n) is 9.02. The third-order valence-corrected chi connectivity index (χ3v) is 8.38. The van der Waals surface area contributed by atoms with Crippen molar-refractivity contribution in [1.82, 2.24) is 5.32 Å². The van der Waals surface area contributed by atoms with E-state index in [1.54, 1.807) is 97.1 Å².